The monoisotopic (exact) mass is 408 g/mol. The molecule has 3 aromatic rings. The van der Waals surface area contributed by atoms with Gasteiger partial charge in [-0.2, -0.15) is 0 Å². The Morgan fingerprint density at radius 1 is 1.26 bits per heavy atom. The Bertz CT molecular complexity index is 1090. The Morgan fingerprint density at radius 3 is 2.78 bits per heavy atom. The number of nitrogens with zero attached hydrogens (tertiary/aromatic N) is 3. The van der Waals surface area contributed by atoms with Crippen molar-refractivity contribution in [2.45, 2.75) is 43.2 Å². The van der Waals surface area contributed by atoms with E-state index in [1.54, 1.807) is 6.20 Å². The van der Waals surface area contributed by atoms with Crippen molar-refractivity contribution in [3.63, 3.8) is 0 Å². The fourth-order valence-corrected chi connectivity index (χ4v) is 4.79. The van der Waals surface area contributed by atoms with E-state index in [0.717, 1.165) is 49.0 Å². The van der Waals surface area contributed by atoms with Gasteiger partial charge in [-0.1, -0.05) is 24.4 Å². The molecule has 6 nitrogen and oxygen atoms in total. The molecule has 0 atom stereocenters. The molecule has 1 aromatic carbocycles. The summed E-state index contributed by atoms with van der Waals surface area (Å²) in [6.07, 6.45) is 6.03. The van der Waals surface area contributed by atoms with E-state index in [9.17, 15) is 12.8 Å². The molecule has 4 rings (SSSR count). The van der Waals surface area contributed by atoms with E-state index in [1.165, 1.54) is 6.07 Å². The lowest BCUT2D eigenvalue weighted by atomic mass is 10.2. The molecular formula is C18H18ClFN4O2S. The van der Waals surface area contributed by atoms with Crippen LogP contribution in [0.1, 0.15) is 37.5 Å². The molecule has 0 aliphatic heterocycles. The Balaban J connectivity index is 1.65. The third kappa shape index (κ3) is 3.56. The highest BCUT2D eigenvalue weighted by Crippen LogP contribution is 2.33. The van der Waals surface area contributed by atoms with Crippen molar-refractivity contribution < 1.29 is 12.8 Å². The van der Waals surface area contributed by atoms with E-state index in [1.807, 2.05) is 16.7 Å². The molecule has 9 heteroatoms. The molecular weight excluding hydrogens is 391 g/mol. The predicted molar refractivity (Wildman–Crippen MR) is 100 cm³/mol. The number of nitrogens with one attached hydrogen (secondary N) is 1. The van der Waals surface area contributed by atoms with Crippen LogP contribution in [0.2, 0.25) is 5.02 Å². The van der Waals surface area contributed by atoms with E-state index in [0.29, 0.717) is 5.82 Å². The van der Waals surface area contributed by atoms with Gasteiger partial charge in [0.05, 0.1) is 16.5 Å². The first-order valence-corrected chi connectivity index (χ1v) is 10.6. The van der Waals surface area contributed by atoms with Crippen molar-refractivity contribution >= 4 is 32.8 Å². The number of pyridine rings is 1. The summed E-state index contributed by atoms with van der Waals surface area (Å²) in [4.78, 5) is 8.92. The molecule has 1 aliphatic carbocycles. The van der Waals surface area contributed by atoms with Gasteiger partial charge in [0.2, 0.25) is 10.0 Å². The third-order valence-corrected chi connectivity index (χ3v) is 6.52. The van der Waals surface area contributed by atoms with Gasteiger partial charge < -0.3 is 4.57 Å². The molecule has 1 fully saturated rings. The van der Waals surface area contributed by atoms with Crippen LogP contribution in [0.25, 0.3) is 11.2 Å². The first kappa shape index (κ1) is 18.3. The van der Waals surface area contributed by atoms with Gasteiger partial charge >= 0.3 is 0 Å². The highest BCUT2D eigenvalue weighted by molar-refractivity contribution is 7.89. The summed E-state index contributed by atoms with van der Waals surface area (Å²) in [6, 6.07) is 7.26. The van der Waals surface area contributed by atoms with Crippen molar-refractivity contribution in [3.8, 4) is 0 Å². The maximum atomic E-state index is 13.3. The minimum Gasteiger partial charge on any atom is -0.308 e. The number of fused-ring (bicyclic) bond motifs is 1. The second-order valence-corrected chi connectivity index (χ2v) is 8.76. The third-order valence-electron chi connectivity index (χ3n) is 4.83. The minimum atomic E-state index is -3.85. The molecule has 0 amide bonds. The highest BCUT2D eigenvalue weighted by atomic mass is 35.5. The van der Waals surface area contributed by atoms with Crippen LogP contribution in [0.5, 0.6) is 0 Å². The summed E-state index contributed by atoms with van der Waals surface area (Å²) in [5, 5.41) is -0.236. The number of hydrogen-bond donors (Lipinski definition) is 1. The molecule has 1 aliphatic rings. The molecule has 0 unspecified atom stereocenters. The van der Waals surface area contributed by atoms with Crippen molar-refractivity contribution in [1.82, 2.24) is 19.3 Å². The summed E-state index contributed by atoms with van der Waals surface area (Å²) in [6.45, 7) is 0.0180. The number of benzene rings is 1. The molecule has 2 heterocycles. The summed E-state index contributed by atoms with van der Waals surface area (Å²) < 4.78 is 43.0. The Morgan fingerprint density at radius 2 is 2.04 bits per heavy atom. The summed E-state index contributed by atoms with van der Waals surface area (Å²) in [5.41, 5.74) is 1.51. The SMILES string of the molecule is O=S(=O)(NCc1nc2cccnc2n1C1CCCC1)c1ccc(F)c(Cl)c1. The topological polar surface area (TPSA) is 76.9 Å². The van der Waals surface area contributed by atoms with Crippen LogP contribution in [0.15, 0.2) is 41.4 Å². The lowest BCUT2D eigenvalue weighted by molar-refractivity contribution is 0.502. The van der Waals surface area contributed by atoms with E-state index >= 15 is 0 Å². The Kier molecular flexibility index (Phi) is 4.88. The van der Waals surface area contributed by atoms with E-state index < -0.39 is 15.8 Å². The summed E-state index contributed by atoms with van der Waals surface area (Å²) in [5.74, 6) is -0.0444. The minimum absolute atomic E-state index is 0.0180. The average molecular weight is 409 g/mol. The molecule has 142 valence electrons. The molecule has 27 heavy (non-hydrogen) atoms. The molecule has 0 radical (unpaired) electrons. The largest absolute Gasteiger partial charge is 0.308 e. The zero-order valence-electron chi connectivity index (χ0n) is 14.4. The number of imidazole rings is 1. The van der Waals surface area contributed by atoms with Gasteiger partial charge in [-0.3, -0.25) is 0 Å². The fraction of sp³-hybridized carbons (Fsp3) is 0.333. The number of hydrogen-bond acceptors (Lipinski definition) is 4. The van der Waals surface area contributed by atoms with Crippen LogP contribution in [0, 0.1) is 5.82 Å². The van der Waals surface area contributed by atoms with Crippen LogP contribution < -0.4 is 4.72 Å². The molecule has 2 aromatic heterocycles. The normalized spacial score (nSPS) is 15.6. The van der Waals surface area contributed by atoms with Gasteiger partial charge in [0.1, 0.15) is 17.2 Å². The van der Waals surface area contributed by atoms with Crippen molar-refractivity contribution in [2.24, 2.45) is 0 Å². The highest BCUT2D eigenvalue weighted by Gasteiger charge is 2.24. The number of aromatic nitrogens is 3. The quantitative estimate of drug-likeness (QED) is 0.696. The summed E-state index contributed by atoms with van der Waals surface area (Å²) >= 11 is 5.71. The van der Waals surface area contributed by atoms with Crippen LogP contribution in [-0.4, -0.2) is 23.0 Å². The predicted octanol–water partition coefficient (Wildman–Crippen LogP) is 3.82. The van der Waals surface area contributed by atoms with E-state index in [2.05, 4.69) is 14.7 Å². The number of sulfonamides is 1. The van der Waals surface area contributed by atoms with E-state index in [4.69, 9.17) is 11.6 Å². The smallest absolute Gasteiger partial charge is 0.241 e. The standard InChI is InChI=1S/C18H18ClFN4O2S/c19-14-10-13(7-8-15(14)20)27(25,26)22-11-17-23-16-6-3-9-21-18(16)24(17)12-4-1-2-5-12/h3,6-10,12,22H,1-2,4-5,11H2. The van der Waals surface area contributed by atoms with Crippen molar-refractivity contribution in [1.29, 1.82) is 0 Å². The van der Waals surface area contributed by atoms with Crippen LogP contribution in [-0.2, 0) is 16.6 Å². The fourth-order valence-electron chi connectivity index (χ4n) is 3.53. The van der Waals surface area contributed by atoms with Crippen molar-refractivity contribution in [3.05, 3.63) is 53.2 Å². The lowest BCUT2D eigenvalue weighted by Crippen LogP contribution is -2.25. The molecule has 0 spiro atoms. The van der Waals surface area contributed by atoms with E-state index in [-0.39, 0.29) is 22.5 Å². The van der Waals surface area contributed by atoms with Gasteiger partial charge in [0, 0.05) is 12.2 Å². The van der Waals surface area contributed by atoms with Gasteiger partial charge in [-0.25, -0.2) is 27.5 Å². The molecule has 1 N–H and O–H groups in total. The van der Waals surface area contributed by atoms with Gasteiger partial charge in [-0.15, -0.1) is 0 Å². The maximum Gasteiger partial charge on any atom is 0.241 e. The lowest BCUT2D eigenvalue weighted by Gasteiger charge is -2.16. The zero-order chi connectivity index (χ0) is 19.0. The average Bonchev–Trinajstić information content (AvgIpc) is 3.29. The van der Waals surface area contributed by atoms with Crippen LogP contribution in [0.3, 0.4) is 0 Å². The molecule has 0 saturated heterocycles. The Hall–Kier alpha value is -2.03. The van der Waals surface area contributed by atoms with Gasteiger partial charge in [0.25, 0.3) is 0 Å². The second-order valence-electron chi connectivity index (χ2n) is 6.58. The van der Waals surface area contributed by atoms with Crippen LogP contribution >= 0.6 is 11.6 Å². The first-order chi connectivity index (χ1) is 13.0. The van der Waals surface area contributed by atoms with Crippen LogP contribution in [0.4, 0.5) is 4.39 Å². The molecule has 1 saturated carbocycles. The maximum absolute atomic E-state index is 13.3. The summed E-state index contributed by atoms with van der Waals surface area (Å²) in [7, 11) is -3.85. The zero-order valence-corrected chi connectivity index (χ0v) is 16.0. The van der Waals surface area contributed by atoms with Gasteiger partial charge in [-0.05, 0) is 43.2 Å². The van der Waals surface area contributed by atoms with Gasteiger partial charge in [0.15, 0.2) is 5.65 Å². The number of rotatable bonds is 5. The molecule has 0 bridgehead atoms. The number of halogens is 2. The second kappa shape index (κ2) is 7.18. The Labute approximate surface area is 161 Å². The van der Waals surface area contributed by atoms with Crippen molar-refractivity contribution in [2.75, 3.05) is 0 Å². The first-order valence-electron chi connectivity index (χ1n) is 8.72.